The Morgan fingerprint density at radius 2 is 2.24 bits per heavy atom. The van der Waals surface area contributed by atoms with Crippen molar-refractivity contribution >= 4 is 0 Å². The van der Waals surface area contributed by atoms with Gasteiger partial charge in [-0.2, -0.15) is 5.10 Å². The summed E-state index contributed by atoms with van der Waals surface area (Å²) in [4.78, 5) is 0. The predicted octanol–water partition coefficient (Wildman–Crippen LogP) is 1.63. The Labute approximate surface area is 100 Å². The summed E-state index contributed by atoms with van der Waals surface area (Å²) < 4.78 is 5.48. The van der Waals surface area contributed by atoms with Gasteiger partial charge in [-0.05, 0) is 17.2 Å². The second-order valence-electron chi connectivity index (χ2n) is 4.25. The number of hydrogen-bond donors (Lipinski definition) is 2. The van der Waals surface area contributed by atoms with Gasteiger partial charge in [0, 0.05) is 31.3 Å². The van der Waals surface area contributed by atoms with Gasteiger partial charge in [0.05, 0.1) is 12.8 Å². The van der Waals surface area contributed by atoms with Crippen LogP contribution in [0.2, 0.25) is 0 Å². The average Bonchev–Trinajstić information content (AvgIpc) is 2.98. The summed E-state index contributed by atoms with van der Waals surface area (Å²) >= 11 is 0. The van der Waals surface area contributed by atoms with Crippen LogP contribution in [-0.2, 0) is 19.5 Å². The zero-order chi connectivity index (χ0) is 11.5. The van der Waals surface area contributed by atoms with E-state index in [1.54, 1.807) is 0 Å². The van der Waals surface area contributed by atoms with Crippen LogP contribution in [0.3, 0.4) is 0 Å². The van der Waals surface area contributed by atoms with E-state index in [0.29, 0.717) is 0 Å². The number of nitrogens with one attached hydrogen (secondary N) is 2. The smallest absolute Gasteiger partial charge is 0.122 e. The van der Waals surface area contributed by atoms with E-state index in [1.807, 2.05) is 12.4 Å². The molecular formula is C13H15N3O. The van der Waals surface area contributed by atoms with E-state index < -0.39 is 0 Å². The fraction of sp³-hybridized carbons (Fsp3) is 0.308. The van der Waals surface area contributed by atoms with E-state index in [9.17, 15) is 0 Å². The third-order valence-electron chi connectivity index (χ3n) is 2.97. The normalized spacial score (nSPS) is 13.4. The zero-order valence-corrected chi connectivity index (χ0v) is 9.57. The van der Waals surface area contributed by atoms with Gasteiger partial charge in [0.15, 0.2) is 0 Å². The summed E-state index contributed by atoms with van der Waals surface area (Å²) in [5, 5.41) is 10.1. The molecular weight excluding hydrogens is 214 g/mol. The summed E-state index contributed by atoms with van der Waals surface area (Å²) in [6, 6.07) is 6.41. The fourth-order valence-electron chi connectivity index (χ4n) is 2.08. The molecule has 0 unspecified atom stereocenters. The summed E-state index contributed by atoms with van der Waals surface area (Å²) in [6.45, 7) is 2.53. The third-order valence-corrected chi connectivity index (χ3v) is 2.97. The van der Waals surface area contributed by atoms with Crippen molar-refractivity contribution in [2.45, 2.75) is 19.5 Å². The van der Waals surface area contributed by atoms with Gasteiger partial charge in [-0.15, -0.1) is 0 Å². The molecule has 0 radical (unpaired) electrons. The van der Waals surface area contributed by atoms with Gasteiger partial charge in [-0.1, -0.05) is 12.1 Å². The second kappa shape index (κ2) is 4.59. The SMILES string of the molecule is c1cc2c(cc1CNCc1cn[nH]c1)CCO2. The molecule has 1 aromatic heterocycles. The lowest BCUT2D eigenvalue weighted by Crippen LogP contribution is -2.12. The molecule has 0 amide bonds. The summed E-state index contributed by atoms with van der Waals surface area (Å²) in [7, 11) is 0. The molecule has 0 atom stereocenters. The first-order chi connectivity index (χ1) is 8.42. The Kier molecular flexibility index (Phi) is 2.80. The molecule has 17 heavy (non-hydrogen) atoms. The molecule has 88 valence electrons. The van der Waals surface area contributed by atoms with E-state index >= 15 is 0 Å². The van der Waals surface area contributed by atoms with E-state index in [-0.39, 0.29) is 0 Å². The Bertz CT molecular complexity index is 493. The average molecular weight is 229 g/mol. The third kappa shape index (κ3) is 2.31. The van der Waals surface area contributed by atoms with Crippen molar-refractivity contribution in [3.05, 3.63) is 47.3 Å². The summed E-state index contributed by atoms with van der Waals surface area (Å²) in [6.07, 6.45) is 4.78. The first-order valence-corrected chi connectivity index (χ1v) is 5.85. The quantitative estimate of drug-likeness (QED) is 0.838. The van der Waals surface area contributed by atoms with Crippen molar-refractivity contribution in [1.82, 2.24) is 15.5 Å². The molecule has 4 nitrogen and oxygen atoms in total. The van der Waals surface area contributed by atoms with Crippen LogP contribution < -0.4 is 10.1 Å². The molecule has 2 aromatic rings. The van der Waals surface area contributed by atoms with Crippen molar-refractivity contribution in [1.29, 1.82) is 0 Å². The molecule has 0 spiro atoms. The predicted molar refractivity (Wildman–Crippen MR) is 64.8 cm³/mol. The van der Waals surface area contributed by atoms with Crippen LogP contribution >= 0.6 is 0 Å². The molecule has 4 heteroatoms. The molecule has 0 saturated carbocycles. The van der Waals surface area contributed by atoms with E-state index in [2.05, 4.69) is 33.7 Å². The van der Waals surface area contributed by atoms with Crippen molar-refractivity contribution in [2.75, 3.05) is 6.61 Å². The molecule has 1 aliphatic heterocycles. The highest BCUT2D eigenvalue weighted by Crippen LogP contribution is 2.25. The van der Waals surface area contributed by atoms with Crippen LogP contribution in [0.1, 0.15) is 16.7 Å². The molecule has 2 N–H and O–H groups in total. The van der Waals surface area contributed by atoms with Gasteiger partial charge in [-0.25, -0.2) is 0 Å². The largest absolute Gasteiger partial charge is 0.493 e. The second-order valence-corrected chi connectivity index (χ2v) is 4.25. The molecule has 1 aliphatic rings. The Balaban J connectivity index is 1.58. The molecule has 0 saturated heterocycles. The summed E-state index contributed by atoms with van der Waals surface area (Å²) in [5.41, 5.74) is 3.81. The van der Waals surface area contributed by atoms with Gasteiger partial charge in [0.2, 0.25) is 0 Å². The van der Waals surface area contributed by atoms with Crippen LogP contribution in [0, 0.1) is 0 Å². The van der Waals surface area contributed by atoms with Crippen molar-refractivity contribution in [3.8, 4) is 5.75 Å². The number of benzene rings is 1. The lowest BCUT2D eigenvalue weighted by molar-refractivity contribution is 0.357. The van der Waals surface area contributed by atoms with Crippen LogP contribution in [-0.4, -0.2) is 16.8 Å². The first-order valence-electron chi connectivity index (χ1n) is 5.85. The number of fused-ring (bicyclic) bond motifs is 1. The van der Waals surface area contributed by atoms with Crippen molar-refractivity contribution in [2.24, 2.45) is 0 Å². The highest BCUT2D eigenvalue weighted by molar-refractivity contribution is 5.39. The summed E-state index contributed by atoms with van der Waals surface area (Å²) in [5.74, 6) is 1.04. The maximum absolute atomic E-state index is 5.48. The Hall–Kier alpha value is -1.81. The molecule has 1 aromatic carbocycles. The highest BCUT2D eigenvalue weighted by atomic mass is 16.5. The number of nitrogens with zero attached hydrogens (tertiary/aromatic N) is 1. The van der Waals surface area contributed by atoms with E-state index in [0.717, 1.165) is 31.9 Å². The number of aromatic nitrogens is 2. The van der Waals surface area contributed by atoms with Crippen LogP contribution in [0.5, 0.6) is 5.75 Å². The standard InChI is InChI=1S/C13H15N3O/c1-2-13-12(3-4-17-13)5-10(1)6-14-7-11-8-15-16-9-11/h1-2,5,8-9,14H,3-4,6-7H2,(H,15,16). The lowest BCUT2D eigenvalue weighted by atomic mass is 10.1. The van der Waals surface area contributed by atoms with Crippen molar-refractivity contribution in [3.63, 3.8) is 0 Å². The van der Waals surface area contributed by atoms with Crippen LogP contribution in [0.4, 0.5) is 0 Å². The molecule has 0 fully saturated rings. The minimum Gasteiger partial charge on any atom is -0.493 e. The van der Waals surface area contributed by atoms with Gasteiger partial charge in [0.1, 0.15) is 5.75 Å². The number of aromatic amines is 1. The van der Waals surface area contributed by atoms with Gasteiger partial charge < -0.3 is 10.1 Å². The van der Waals surface area contributed by atoms with Gasteiger partial charge >= 0.3 is 0 Å². The number of ether oxygens (including phenoxy) is 1. The number of rotatable bonds is 4. The fourth-order valence-corrected chi connectivity index (χ4v) is 2.08. The van der Waals surface area contributed by atoms with Crippen LogP contribution in [0.25, 0.3) is 0 Å². The van der Waals surface area contributed by atoms with Gasteiger partial charge in [0.25, 0.3) is 0 Å². The topological polar surface area (TPSA) is 49.9 Å². The minimum atomic E-state index is 0.821. The Morgan fingerprint density at radius 1 is 1.29 bits per heavy atom. The van der Waals surface area contributed by atoms with E-state index in [4.69, 9.17) is 4.74 Å². The molecule has 0 bridgehead atoms. The monoisotopic (exact) mass is 229 g/mol. The van der Waals surface area contributed by atoms with Gasteiger partial charge in [-0.3, -0.25) is 5.10 Å². The van der Waals surface area contributed by atoms with E-state index in [1.165, 1.54) is 16.7 Å². The number of hydrogen-bond acceptors (Lipinski definition) is 3. The molecule has 0 aliphatic carbocycles. The zero-order valence-electron chi connectivity index (χ0n) is 9.57. The molecule has 3 rings (SSSR count). The van der Waals surface area contributed by atoms with Crippen molar-refractivity contribution < 1.29 is 4.74 Å². The van der Waals surface area contributed by atoms with Crippen LogP contribution in [0.15, 0.2) is 30.6 Å². The minimum absolute atomic E-state index is 0.821. The molecule has 2 heterocycles. The maximum Gasteiger partial charge on any atom is 0.122 e. The Morgan fingerprint density at radius 3 is 3.12 bits per heavy atom. The highest BCUT2D eigenvalue weighted by Gasteiger charge is 2.11. The first kappa shape index (κ1) is 10.4. The number of H-pyrrole nitrogens is 1. The lowest BCUT2D eigenvalue weighted by Gasteiger charge is -2.05. The maximum atomic E-state index is 5.48.